The van der Waals surface area contributed by atoms with Gasteiger partial charge in [-0.15, -0.1) is 0 Å². The lowest BCUT2D eigenvalue weighted by Gasteiger charge is -2.04. The van der Waals surface area contributed by atoms with Gasteiger partial charge in [0, 0.05) is 22.6 Å². The molecule has 1 amide bonds. The SMILES string of the molecule is CCOC(=O)c1ccc2c(c1)C(=Cc1[nH]c(C)c(C(=O)OCC)c1C)C(=O)N2. The first-order valence-electron chi connectivity index (χ1n) is 9.08. The average Bonchev–Trinajstić information content (AvgIpc) is 3.11. The van der Waals surface area contributed by atoms with Gasteiger partial charge < -0.3 is 19.8 Å². The molecule has 0 aliphatic carbocycles. The Morgan fingerprint density at radius 1 is 1.07 bits per heavy atom. The molecule has 0 saturated heterocycles. The summed E-state index contributed by atoms with van der Waals surface area (Å²) in [6.07, 6.45) is 1.68. The van der Waals surface area contributed by atoms with Crippen molar-refractivity contribution in [3.8, 4) is 0 Å². The summed E-state index contributed by atoms with van der Waals surface area (Å²) in [6, 6.07) is 4.93. The number of carbonyl (C=O) groups is 3. The summed E-state index contributed by atoms with van der Waals surface area (Å²) in [5, 5.41) is 2.78. The molecule has 0 atom stereocenters. The first kappa shape index (κ1) is 19.4. The maximum absolute atomic E-state index is 12.5. The third kappa shape index (κ3) is 3.43. The second kappa shape index (κ2) is 7.72. The van der Waals surface area contributed by atoms with Crippen molar-refractivity contribution >= 4 is 35.2 Å². The van der Waals surface area contributed by atoms with Crippen LogP contribution in [0.4, 0.5) is 5.69 Å². The van der Waals surface area contributed by atoms with E-state index in [1.54, 1.807) is 52.0 Å². The maximum atomic E-state index is 12.5. The van der Waals surface area contributed by atoms with E-state index in [-0.39, 0.29) is 19.1 Å². The van der Waals surface area contributed by atoms with Gasteiger partial charge in [-0.1, -0.05) is 0 Å². The second-order valence-electron chi connectivity index (χ2n) is 6.38. The van der Waals surface area contributed by atoms with Crippen LogP contribution in [0.5, 0.6) is 0 Å². The molecule has 7 heteroatoms. The van der Waals surface area contributed by atoms with E-state index in [1.165, 1.54) is 0 Å². The monoisotopic (exact) mass is 382 g/mol. The Kier molecular flexibility index (Phi) is 5.35. The summed E-state index contributed by atoms with van der Waals surface area (Å²) in [5.74, 6) is -1.12. The summed E-state index contributed by atoms with van der Waals surface area (Å²) < 4.78 is 10.1. The van der Waals surface area contributed by atoms with Crippen LogP contribution < -0.4 is 5.32 Å². The highest BCUT2D eigenvalue weighted by molar-refractivity contribution is 6.35. The van der Waals surface area contributed by atoms with Crippen molar-refractivity contribution in [1.82, 2.24) is 4.98 Å². The zero-order valence-electron chi connectivity index (χ0n) is 16.3. The number of aryl methyl sites for hydroxylation is 1. The number of fused-ring (bicyclic) bond motifs is 1. The van der Waals surface area contributed by atoms with E-state index in [1.807, 2.05) is 0 Å². The molecule has 0 bridgehead atoms. The number of aromatic amines is 1. The first-order chi connectivity index (χ1) is 13.4. The average molecular weight is 382 g/mol. The number of carbonyl (C=O) groups excluding carboxylic acids is 3. The van der Waals surface area contributed by atoms with Gasteiger partial charge in [0.05, 0.1) is 29.9 Å². The molecule has 2 heterocycles. The smallest absolute Gasteiger partial charge is 0.340 e. The minimum atomic E-state index is -0.444. The summed E-state index contributed by atoms with van der Waals surface area (Å²) >= 11 is 0. The summed E-state index contributed by atoms with van der Waals surface area (Å²) in [5.41, 5.74) is 4.48. The largest absolute Gasteiger partial charge is 0.462 e. The minimum Gasteiger partial charge on any atom is -0.462 e. The Morgan fingerprint density at radius 2 is 1.75 bits per heavy atom. The Balaban J connectivity index is 2.04. The van der Waals surface area contributed by atoms with Crippen molar-refractivity contribution in [2.75, 3.05) is 18.5 Å². The van der Waals surface area contributed by atoms with Crippen LogP contribution in [0, 0.1) is 13.8 Å². The van der Waals surface area contributed by atoms with Gasteiger partial charge in [-0.25, -0.2) is 9.59 Å². The van der Waals surface area contributed by atoms with E-state index >= 15 is 0 Å². The van der Waals surface area contributed by atoms with Gasteiger partial charge >= 0.3 is 11.9 Å². The van der Waals surface area contributed by atoms with Gasteiger partial charge in [-0.05, 0) is 57.5 Å². The summed E-state index contributed by atoms with van der Waals surface area (Å²) in [4.78, 5) is 39.8. The molecule has 1 aliphatic rings. The molecule has 0 spiro atoms. The fraction of sp³-hybridized carbons (Fsp3) is 0.286. The van der Waals surface area contributed by atoms with Crippen LogP contribution in [-0.2, 0) is 14.3 Å². The summed E-state index contributed by atoms with van der Waals surface area (Å²) in [6.45, 7) is 7.62. The molecule has 7 nitrogen and oxygen atoms in total. The van der Waals surface area contributed by atoms with E-state index < -0.39 is 11.9 Å². The number of hydrogen-bond donors (Lipinski definition) is 2. The van der Waals surface area contributed by atoms with Gasteiger partial charge in [0.2, 0.25) is 0 Å². The number of amides is 1. The number of rotatable bonds is 5. The fourth-order valence-corrected chi connectivity index (χ4v) is 3.25. The number of nitrogens with one attached hydrogen (secondary N) is 2. The van der Waals surface area contributed by atoms with Crippen molar-refractivity contribution < 1.29 is 23.9 Å². The maximum Gasteiger partial charge on any atom is 0.340 e. The van der Waals surface area contributed by atoms with Crippen LogP contribution in [0.1, 0.15) is 57.1 Å². The van der Waals surface area contributed by atoms with Gasteiger partial charge in [0.1, 0.15) is 0 Å². The van der Waals surface area contributed by atoms with Crippen LogP contribution in [0.25, 0.3) is 11.6 Å². The Labute approximate surface area is 162 Å². The molecule has 3 rings (SSSR count). The van der Waals surface area contributed by atoms with E-state index in [4.69, 9.17) is 9.47 Å². The zero-order chi connectivity index (χ0) is 20.4. The topological polar surface area (TPSA) is 97.5 Å². The van der Waals surface area contributed by atoms with Crippen molar-refractivity contribution in [2.24, 2.45) is 0 Å². The van der Waals surface area contributed by atoms with Crippen molar-refractivity contribution in [1.29, 1.82) is 0 Å². The highest BCUT2D eigenvalue weighted by Crippen LogP contribution is 2.35. The third-order valence-electron chi connectivity index (χ3n) is 4.56. The molecular formula is C21H22N2O5. The standard InChI is InChI=1S/C21H22N2O5/c1-5-27-20(25)13-7-8-16-14(9-13)15(19(24)23-16)10-17-11(3)18(12(4)22-17)21(26)28-6-2/h7-10,22H,5-6H2,1-4H3,(H,23,24). The Bertz CT molecular complexity index is 1000. The number of hydrogen-bond acceptors (Lipinski definition) is 5. The number of aromatic nitrogens is 1. The van der Waals surface area contributed by atoms with Crippen molar-refractivity contribution in [3.05, 3.63) is 51.8 Å². The lowest BCUT2D eigenvalue weighted by Crippen LogP contribution is -2.06. The molecule has 1 aliphatic heterocycles. The highest BCUT2D eigenvalue weighted by Gasteiger charge is 2.27. The lowest BCUT2D eigenvalue weighted by atomic mass is 10.0. The van der Waals surface area contributed by atoms with Crippen LogP contribution in [0.2, 0.25) is 0 Å². The number of anilines is 1. The highest BCUT2D eigenvalue weighted by atomic mass is 16.5. The number of esters is 2. The molecule has 2 N–H and O–H groups in total. The predicted molar refractivity (Wildman–Crippen MR) is 105 cm³/mol. The van der Waals surface area contributed by atoms with Crippen molar-refractivity contribution in [2.45, 2.75) is 27.7 Å². The van der Waals surface area contributed by atoms with Gasteiger partial charge in [-0.2, -0.15) is 0 Å². The molecule has 28 heavy (non-hydrogen) atoms. The number of ether oxygens (including phenoxy) is 2. The second-order valence-corrected chi connectivity index (χ2v) is 6.38. The molecule has 2 aromatic rings. The third-order valence-corrected chi connectivity index (χ3v) is 4.56. The van der Waals surface area contributed by atoms with E-state index in [0.29, 0.717) is 44.9 Å². The number of H-pyrrole nitrogens is 1. The summed E-state index contributed by atoms with van der Waals surface area (Å²) in [7, 11) is 0. The van der Waals surface area contributed by atoms with Crippen LogP contribution >= 0.6 is 0 Å². The van der Waals surface area contributed by atoms with Crippen LogP contribution in [-0.4, -0.2) is 36.0 Å². The molecule has 0 unspecified atom stereocenters. The van der Waals surface area contributed by atoms with E-state index in [9.17, 15) is 14.4 Å². The molecular weight excluding hydrogens is 360 g/mol. The molecule has 0 saturated carbocycles. The van der Waals surface area contributed by atoms with Gasteiger partial charge in [-0.3, -0.25) is 4.79 Å². The normalized spacial score (nSPS) is 14.0. The quantitative estimate of drug-likeness (QED) is 0.609. The Morgan fingerprint density at radius 3 is 2.43 bits per heavy atom. The van der Waals surface area contributed by atoms with Gasteiger partial charge in [0.25, 0.3) is 5.91 Å². The lowest BCUT2D eigenvalue weighted by molar-refractivity contribution is -0.110. The van der Waals surface area contributed by atoms with Crippen molar-refractivity contribution in [3.63, 3.8) is 0 Å². The molecule has 1 aromatic heterocycles. The van der Waals surface area contributed by atoms with Crippen LogP contribution in [0.3, 0.4) is 0 Å². The first-order valence-corrected chi connectivity index (χ1v) is 9.08. The van der Waals surface area contributed by atoms with Crippen LogP contribution in [0.15, 0.2) is 18.2 Å². The van der Waals surface area contributed by atoms with E-state index in [2.05, 4.69) is 10.3 Å². The van der Waals surface area contributed by atoms with E-state index in [0.717, 1.165) is 0 Å². The van der Waals surface area contributed by atoms with Gasteiger partial charge in [0.15, 0.2) is 0 Å². The zero-order valence-corrected chi connectivity index (χ0v) is 16.3. The molecule has 0 radical (unpaired) electrons. The fourth-order valence-electron chi connectivity index (χ4n) is 3.25. The molecule has 146 valence electrons. The Hall–Kier alpha value is -3.35. The molecule has 0 fully saturated rings. The number of benzene rings is 1. The minimum absolute atomic E-state index is 0.271. The predicted octanol–water partition coefficient (Wildman–Crippen LogP) is 3.48. The molecule has 1 aromatic carbocycles.